The lowest BCUT2D eigenvalue weighted by molar-refractivity contribution is 0.256. The van der Waals surface area contributed by atoms with Gasteiger partial charge in [0.05, 0.1) is 12.0 Å². The van der Waals surface area contributed by atoms with Gasteiger partial charge in [-0.25, -0.2) is 17.9 Å². The molecule has 0 saturated heterocycles. The van der Waals surface area contributed by atoms with Gasteiger partial charge in [-0.1, -0.05) is 44.3 Å². The number of benzene rings is 1. The normalized spacial score (nSPS) is 11.1. The molecule has 0 atom stereocenters. The molecule has 1 aromatic carbocycles. The van der Waals surface area contributed by atoms with Gasteiger partial charge in [0.15, 0.2) is 0 Å². The monoisotopic (exact) mass is 409 g/mol. The minimum absolute atomic E-state index is 0.00622. The number of nitrogens with zero attached hydrogens (tertiary/aromatic N) is 3. The van der Waals surface area contributed by atoms with E-state index in [0.717, 1.165) is 0 Å². The summed E-state index contributed by atoms with van der Waals surface area (Å²) in [6.45, 7) is 5.30. The van der Waals surface area contributed by atoms with Crippen LogP contribution >= 0.6 is 12.2 Å². The Morgan fingerprint density at radius 2 is 1.85 bits per heavy atom. The number of amides is 2. The third-order valence-electron chi connectivity index (χ3n) is 3.33. The second-order valence-corrected chi connectivity index (χ2v) is 7.86. The number of aromatic nitrogens is 3. The number of aryl methyl sites for hydroxylation is 1. The van der Waals surface area contributed by atoms with E-state index in [9.17, 15) is 13.2 Å². The van der Waals surface area contributed by atoms with E-state index in [1.165, 1.54) is 13.2 Å². The Bertz CT molecular complexity index is 977. The van der Waals surface area contributed by atoms with Gasteiger partial charge >= 0.3 is 12.0 Å². The number of hydrogen-bond donors (Lipinski definition) is 2. The second-order valence-electron chi connectivity index (χ2n) is 5.77. The summed E-state index contributed by atoms with van der Waals surface area (Å²) in [7, 11) is -2.81. The summed E-state index contributed by atoms with van der Waals surface area (Å²) in [6.07, 6.45) is 0. The van der Waals surface area contributed by atoms with Crippen molar-refractivity contribution in [2.24, 2.45) is 5.92 Å². The fourth-order valence-corrected chi connectivity index (χ4v) is 3.50. The number of carbonyl (C=O) groups excluding carboxylic acids is 1. The quantitative estimate of drug-likeness (QED) is 0.549. The number of thiocarbonyl (C=S) groups is 1. The van der Waals surface area contributed by atoms with E-state index >= 15 is 0 Å². The number of rotatable bonds is 6. The number of anilines is 1. The summed E-state index contributed by atoms with van der Waals surface area (Å²) in [5.41, 5.74) is 0.375. The average molecular weight is 409 g/mol. The van der Waals surface area contributed by atoms with E-state index in [2.05, 4.69) is 20.3 Å². The average Bonchev–Trinajstić information content (AvgIpc) is 2.59. The van der Waals surface area contributed by atoms with Crippen molar-refractivity contribution in [3.05, 3.63) is 35.7 Å². The van der Waals surface area contributed by atoms with Gasteiger partial charge in [0.2, 0.25) is 5.95 Å². The molecule has 11 heteroatoms. The molecule has 0 fully saturated rings. The number of hydrogen-bond acceptors (Lipinski definition) is 8. The number of sulfonamides is 1. The number of nitrogens with one attached hydrogen (secondary N) is 2. The molecule has 0 saturated carbocycles. The van der Waals surface area contributed by atoms with Crippen LogP contribution in [0.2, 0.25) is 0 Å². The van der Waals surface area contributed by atoms with Crippen molar-refractivity contribution in [3.63, 3.8) is 0 Å². The molecule has 1 heterocycles. The van der Waals surface area contributed by atoms with Gasteiger partial charge in [-0.3, -0.25) is 5.32 Å². The molecule has 2 amide bonds. The van der Waals surface area contributed by atoms with E-state index in [0.29, 0.717) is 16.3 Å². The van der Waals surface area contributed by atoms with E-state index in [1.807, 2.05) is 18.6 Å². The van der Waals surface area contributed by atoms with E-state index in [-0.39, 0.29) is 22.8 Å². The van der Waals surface area contributed by atoms with Crippen LogP contribution in [0.5, 0.6) is 6.01 Å². The standard InChI is InChI=1S/C16H19N5O4S2/c1-9(2)13(26)11-7-5-6-8-12(11)27(23,24)21-15(22)19-14-17-10(3)18-16(20-14)25-4/h5-9H,1-4H3,(H2,17,18,19,20,21,22). The Kier molecular flexibility index (Phi) is 6.39. The Morgan fingerprint density at radius 1 is 1.19 bits per heavy atom. The largest absolute Gasteiger partial charge is 0.467 e. The zero-order valence-corrected chi connectivity index (χ0v) is 16.8. The molecule has 0 bridgehead atoms. The second kappa shape index (κ2) is 8.35. The first-order valence-corrected chi connectivity index (χ1v) is 9.77. The van der Waals surface area contributed by atoms with Crippen molar-refractivity contribution in [2.75, 3.05) is 12.4 Å². The maximum absolute atomic E-state index is 12.7. The van der Waals surface area contributed by atoms with E-state index < -0.39 is 16.1 Å². The molecule has 27 heavy (non-hydrogen) atoms. The lowest BCUT2D eigenvalue weighted by atomic mass is 10.0. The topological polar surface area (TPSA) is 123 Å². The van der Waals surface area contributed by atoms with Gasteiger partial charge in [0.25, 0.3) is 10.0 Å². The van der Waals surface area contributed by atoms with Crippen LogP contribution in [0.15, 0.2) is 29.2 Å². The number of ether oxygens (including phenoxy) is 1. The van der Waals surface area contributed by atoms with Crippen LogP contribution in [-0.2, 0) is 10.0 Å². The van der Waals surface area contributed by atoms with Crippen molar-refractivity contribution < 1.29 is 17.9 Å². The molecule has 0 aliphatic rings. The molecule has 1 aromatic heterocycles. The smallest absolute Gasteiger partial charge is 0.335 e. The minimum Gasteiger partial charge on any atom is -0.467 e. The first kappa shape index (κ1) is 20.6. The number of methoxy groups -OCH3 is 1. The Labute approximate surface area is 162 Å². The fourth-order valence-electron chi connectivity index (χ4n) is 2.12. The summed E-state index contributed by atoms with van der Waals surface area (Å²) in [4.78, 5) is 24.2. The van der Waals surface area contributed by atoms with E-state index in [1.54, 1.807) is 25.1 Å². The van der Waals surface area contributed by atoms with Crippen molar-refractivity contribution >= 4 is 39.1 Å². The van der Waals surface area contributed by atoms with Crippen molar-refractivity contribution in [3.8, 4) is 6.01 Å². The molecule has 2 aromatic rings. The number of urea groups is 1. The lowest BCUT2D eigenvalue weighted by Gasteiger charge is -2.14. The summed E-state index contributed by atoms with van der Waals surface area (Å²) < 4.78 is 32.1. The van der Waals surface area contributed by atoms with Crippen LogP contribution in [0.4, 0.5) is 10.7 Å². The van der Waals surface area contributed by atoms with Crippen LogP contribution in [0.25, 0.3) is 0 Å². The third kappa shape index (κ3) is 5.17. The van der Waals surface area contributed by atoms with Crippen molar-refractivity contribution in [1.82, 2.24) is 19.7 Å². The van der Waals surface area contributed by atoms with Gasteiger partial charge in [-0.2, -0.15) is 15.0 Å². The van der Waals surface area contributed by atoms with Gasteiger partial charge < -0.3 is 4.74 Å². The molecule has 144 valence electrons. The first-order chi connectivity index (χ1) is 12.6. The summed E-state index contributed by atoms with van der Waals surface area (Å²) in [5, 5.41) is 2.25. The highest BCUT2D eigenvalue weighted by atomic mass is 32.2. The molecular formula is C16H19N5O4S2. The van der Waals surface area contributed by atoms with Crippen LogP contribution in [0.3, 0.4) is 0 Å². The van der Waals surface area contributed by atoms with Crippen molar-refractivity contribution in [2.45, 2.75) is 25.7 Å². The number of carbonyl (C=O) groups is 1. The Balaban J connectivity index is 2.26. The third-order valence-corrected chi connectivity index (χ3v) is 5.41. The maximum atomic E-state index is 12.7. The Morgan fingerprint density at radius 3 is 2.48 bits per heavy atom. The Hall–Kier alpha value is -2.66. The van der Waals surface area contributed by atoms with Crippen LogP contribution in [0.1, 0.15) is 25.2 Å². The molecule has 0 radical (unpaired) electrons. The highest BCUT2D eigenvalue weighted by Crippen LogP contribution is 2.20. The summed E-state index contributed by atoms with van der Waals surface area (Å²) in [6, 6.07) is 5.20. The maximum Gasteiger partial charge on any atom is 0.335 e. The predicted molar refractivity (Wildman–Crippen MR) is 103 cm³/mol. The van der Waals surface area contributed by atoms with Crippen molar-refractivity contribution in [1.29, 1.82) is 0 Å². The highest BCUT2D eigenvalue weighted by molar-refractivity contribution is 7.90. The molecule has 9 nitrogen and oxygen atoms in total. The molecule has 2 N–H and O–H groups in total. The summed E-state index contributed by atoms with van der Waals surface area (Å²) in [5.74, 6) is 0.122. The predicted octanol–water partition coefficient (Wildman–Crippen LogP) is 2.07. The highest BCUT2D eigenvalue weighted by Gasteiger charge is 2.24. The molecule has 2 rings (SSSR count). The van der Waals surface area contributed by atoms with Gasteiger partial charge in [0, 0.05) is 10.4 Å². The van der Waals surface area contributed by atoms with Crippen LogP contribution in [-0.4, -0.2) is 41.4 Å². The van der Waals surface area contributed by atoms with Gasteiger partial charge in [-0.15, -0.1) is 0 Å². The van der Waals surface area contributed by atoms with Crippen LogP contribution in [0, 0.1) is 12.8 Å². The SMILES string of the molecule is COc1nc(C)nc(NC(=O)NS(=O)(=O)c2ccccc2C(=S)C(C)C)n1. The molecule has 0 aliphatic heterocycles. The zero-order valence-electron chi connectivity index (χ0n) is 15.2. The molecule has 0 spiro atoms. The minimum atomic E-state index is -4.17. The molecular weight excluding hydrogens is 390 g/mol. The van der Waals surface area contributed by atoms with Gasteiger partial charge in [-0.05, 0) is 18.9 Å². The van der Waals surface area contributed by atoms with Gasteiger partial charge in [0.1, 0.15) is 5.82 Å². The summed E-state index contributed by atoms with van der Waals surface area (Å²) >= 11 is 5.33. The molecule has 0 unspecified atom stereocenters. The lowest BCUT2D eigenvalue weighted by Crippen LogP contribution is -2.35. The molecule has 0 aliphatic carbocycles. The fraction of sp³-hybridized carbons (Fsp3) is 0.312. The van der Waals surface area contributed by atoms with Crippen LogP contribution < -0.4 is 14.8 Å². The van der Waals surface area contributed by atoms with E-state index in [4.69, 9.17) is 17.0 Å². The first-order valence-electron chi connectivity index (χ1n) is 7.87. The zero-order chi connectivity index (χ0) is 20.2.